The zero-order valence-corrected chi connectivity index (χ0v) is 12.4. The standard InChI is InChI=1S/C16H16N6/c1-22(2)12-6-3-11(4-7-12)5-8-13-14-15(19-10-9-18-14)21-16(17)20-13/h3-10H,1-2H3,(H2,17,19,20,21)/b8-5-. The third kappa shape index (κ3) is 2.85. The first-order chi connectivity index (χ1) is 10.6. The van der Waals surface area contributed by atoms with Crippen LogP contribution in [0.4, 0.5) is 11.6 Å². The van der Waals surface area contributed by atoms with Crippen molar-refractivity contribution >= 4 is 35.0 Å². The summed E-state index contributed by atoms with van der Waals surface area (Å²) in [5.41, 5.74) is 9.73. The third-order valence-electron chi connectivity index (χ3n) is 3.22. The molecule has 0 aliphatic heterocycles. The van der Waals surface area contributed by atoms with Gasteiger partial charge in [-0.2, -0.15) is 4.98 Å². The Morgan fingerprint density at radius 2 is 1.68 bits per heavy atom. The van der Waals surface area contributed by atoms with Crippen molar-refractivity contribution in [2.45, 2.75) is 0 Å². The van der Waals surface area contributed by atoms with Crippen molar-refractivity contribution in [3.63, 3.8) is 0 Å². The quantitative estimate of drug-likeness (QED) is 0.797. The largest absolute Gasteiger partial charge is 0.378 e. The van der Waals surface area contributed by atoms with Crippen LogP contribution in [0, 0.1) is 0 Å². The molecular weight excluding hydrogens is 276 g/mol. The predicted octanol–water partition coefficient (Wildman–Crippen LogP) is 2.24. The second-order valence-corrected chi connectivity index (χ2v) is 5.01. The lowest BCUT2D eigenvalue weighted by Crippen LogP contribution is -2.07. The number of benzene rings is 1. The van der Waals surface area contributed by atoms with Gasteiger partial charge in [0.25, 0.3) is 0 Å². The lowest BCUT2D eigenvalue weighted by molar-refractivity contribution is 1.13. The molecule has 2 N–H and O–H groups in total. The summed E-state index contributed by atoms with van der Waals surface area (Å²) in [6.07, 6.45) is 7.04. The highest BCUT2D eigenvalue weighted by Gasteiger charge is 2.05. The minimum absolute atomic E-state index is 0.190. The van der Waals surface area contributed by atoms with E-state index in [1.54, 1.807) is 12.4 Å². The van der Waals surface area contributed by atoms with Crippen LogP contribution in [0.15, 0.2) is 36.7 Å². The summed E-state index contributed by atoms with van der Waals surface area (Å²) in [4.78, 5) is 18.8. The first-order valence-corrected chi connectivity index (χ1v) is 6.83. The Balaban J connectivity index is 1.95. The molecule has 6 nitrogen and oxygen atoms in total. The van der Waals surface area contributed by atoms with Crippen LogP contribution >= 0.6 is 0 Å². The Kier molecular flexibility index (Phi) is 3.65. The highest BCUT2D eigenvalue weighted by atomic mass is 15.1. The van der Waals surface area contributed by atoms with Crippen molar-refractivity contribution in [2.24, 2.45) is 0 Å². The fourth-order valence-electron chi connectivity index (χ4n) is 2.08. The van der Waals surface area contributed by atoms with Crippen LogP contribution in [0.5, 0.6) is 0 Å². The summed E-state index contributed by atoms with van der Waals surface area (Å²) in [5.74, 6) is 0.190. The fraction of sp³-hybridized carbons (Fsp3) is 0.125. The van der Waals surface area contributed by atoms with Gasteiger partial charge in [0.1, 0.15) is 5.52 Å². The van der Waals surface area contributed by atoms with Gasteiger partial charge in [-0.05, 0) is 23.8 Å². The van der Waals surface area contributed by atoms with Crippen molar-refractivity contribution in [1.29, 1.82) is 0 Å². The molecule has 0 bridgehead atoms. The van der Waals surface area contributed by atoms with Gasteiger partial charge >= 0.3 is 0 Å². The highest BCUT2D eigenvalue weighted by Crippen LogP contribution is 2.17. The number of rotatable bonds is 3. The van der Waals surface area contributed by atoms with Gasteiger partial charge in [-0.25, -0.2) is 15.0 Å². The Morgan fingerprint density at radius 3 is 2.41 bits per heavy atom. The zero-order valence-electron chi connectivity index (χ0n) is 12.4. The molecule has 22 heavy (non-hydrogen) atoms. The maximum Gasteiger partial charge on any atom is 0.222 e. The molecule has 0 aliphatic rings. The first-order valence-electron chi connectivity index (χ1n) is 6.83. The maximum absolute atomic E-state index is 5.72. The molecule has 0 unspecified atom stereocenters. The van der Waals surface area contributed by atoms with E-state index >= 15 is 0 Å². The number of nitrogens with zero attached hydrogens (tertiary/aromatic N) is 5. The van der Waals surface area contributed by atoms with E-state index in [0.717, 1.165) is 11.3 Å². The van der Waals surface area contributed by atoms with Gasteiger partial charge in [0.05, 0.1) is 5.69 Å². The molecule has 0 spiro atoms. The van der Waals surface area contributed by atoms with E-state index in [0.29, 0.717) is 16.9 Å². The lowest BCUT2D eigenvalue weighted by Gasteiger charge is -2.11. The van der Waals surface area contributed by atoms with E-state index in [1.807, 2.05) is 38.4 Å². The van der Waals surface area contributed by atoms with Crippen molar-refractivity contribution in [3.05, 3.63) is 47.9 Å². The molecule has 110 valence electrons. The summed E-state index contributed by atoms with van der Waals surface area (Å²) >= 11 is 0. The molecular formula is C16H16N6. The van der Waals surface area contributed by atoms with E-state index in [2.05, 4.69) is 37.0 Å². The SMILES string of the molecule is CN(C)c1ccc(/C=C\c2nc(N)nc3nccnc23)cc1. The fourth-order valence-corrected chi connectivity index (χ4v) is 2.08. The van der Waals surface area contributed by atoms with Crippen LogP contribution in [0.2, 0.25) is 0 Å². The molecule has 0 atom stereocenters. The molecule has 6 heteroatoms. The number of anilines is 2. The van der Waals surface area contributed by atoms with Crippen LogP contribution < -0.4 is 10.6 Å². The number of hydrogen-bond donors (Lipinski definition) is 1. The Morgan fingerprint density at radius 1 is 0.955 bits per heavy atom. The van der Waals surface area contributed by atoms with Crippen LogP contribution in [-0.4, -0.2) is 34.0 Å². The Bertz CT molecular complexity index is 824. The minimum atomic E-state index is 0.190. The number of nitrogen functional groups attached to an aromatic ring is 1. The predicted molar refractivity (Wildman–Crippen MR) is 89.2 cm³/mol. The van der Waals surface area contributed by atoms with Crippen molar-refractivity contribution in [2.75, 3.05) is 24.7 Å². The summed E-state index contributed by atoms with van der Waals surface area (Å²) in [6.45, 7) is 0. The average molecular weight is 292 g/mol. The van der Waals surface area contributed by atoms with Crippen LogP contribution in [0.25, 0.3) is 23.3 Å². The van der Waals surface area contributed by atoms with Crippen LogP contribution in [0.3, 0.4) is 0 Å². The molecule has 0 saturated heterocycles. The molecule has 3 aromatic rings. The summed E-state index contributed by atoms with van der Waals surface area (Å²) in [6, 6.07) is 8.21. The topological polar surface area (TPSA) is 80.8 Å². The minimum Gasteiger partial charge on any atom is -0.378 e. The van der Waals surface area contributed by atoms with E-state index in [4.69, 9.17) is 5.73 Å². The molecule has 3 rings (SSSR count). The molecule has 1 aromatic carbocycles. The number of aromatic nitrogens is 4. The van der Waals surface area contributed by atoms with Crippen LogP contribution in [0.1, 0.15) is 11.3 Å². The number of hydrogen-bond acceptors (Lipinski definition) is 6. The molecule has 0 aliphatic carbocycles. The van der Waals surface area contributed by atoms with Crippen molar-refractivity contribution < 1.29 is 0 Å². The molecule has 0 amide bonds. The molecule has 0 saturated carbocycles. The zero-order chi connectivity index (χ0) is 15.5. The normalized spacial score (nSPS) is 11.2. The van der Waals surface area contributed by atoms with Gasteiger partial charge in [-0.1, -0.05) is 18.2 Å². The van der Waals surface area contributed by atoms with E-state index in [9.17, 15) is 0 Å². The summed E-state index contributed by atoms with van der Waals surface area (Å²) < 4.78 is 0. The lowest BCUT2D eigenvalue weighted by atomic mass is 10.1. The van der Waals surface area contributed by atoms with Crippen LogP contribution in [-0.2, 0) is 0 Å². The number of nitrogens with two attached hydrogens (primary N) is 1. The summed E-state index contributed by atoms with van der Waals surface area (Å²) in [7, 11) is 4.03. The summed E-state index contributed by atoms with van der Waals surface area (Å²) in [5, 5.41) is 0. The highest BCUT2D eigenvalue weighted by molar-refractivity contribution is 5.84. The van der Waals surface area contributed by atoms with Gasteiger partial charge < -0.3 is 10.6 Å². The van der Waals surface area contributed by atoms with E-state index < -0.39 is 0 Å². The second kappa shape index (κ2) is 5.77. The number of fused-ring (bicyclic) bond motifs is 1. The van der Waals surface area contributed by atoms with Gasteiger partial charge in [0.15, 0.2) is 5.65 Å². The molecule has 2 aromatic heterocycles. The van der Waals surface area contributed by atoms with Crippen molar-refractivity contribution in [1.82, 2.24) is 19.9 Å². The first kappa shape index (κ1) is 13.9. The van der Waals surface area contributed by atoms with Gasteiger partial charge in [-0.15, -0.1) is 0 Å². The van der Waals surface area contributed by atoms with Gasteiger partial charge in [0.2, 0.25) is 5.95 Å². The smallest absolute Gasteiger partial charge is 0.222 e. The Hall–Kier alpha value is -3.02. The van der Waals surface area contributed by atoms with E-state index in [1.165, 1.54) is 0 Å². The average Bonchev–Trinajstić information content (AvgIpc) is 2.52. The molecule has 2 heterocycles. The molecule has 0 fully saturated rings. The van der Waals surface area contributed by atoms with Gasteiger partial charge in [0, 0.05) is 32.2 Å². The Labute approximate surface area is 128 Å². The van der Waals surface area contributed by atoms with E-state index in [-0.39, 0.29) is 5.95 Å². The maximum atomic E-state index is 5.72. The van der Waals surface area contributed by atoms with Gasteiger partial charge in [-0.3, -0.25) is 0 Å². The molecule has 0 radical (unpaired) electrons. The second-order valence-electron chi connectivity index (χ2n) is 5.01. The third-order valence-corrected chi connectivity index (χ3v) is 3.22. The van der Waals surface area contributed by atoms with Crippen molar-refractivity contribution in [3.8, 4) is 0 Å². The monoisotopic (exact) mass is 292 g/mol.